The highest BCUT2D eigenvalue weighted by Gasteiger charge is 2.28. The summed E-state index contributed by atoms with van der Waals surface area (Å²) < 4.78 is 121. The van der Waals surface area contributed by atoms with Crippen molar-refractivity contribution in [1.29, 1.82) is 0 Å². The van der Waals surface area contributed by atoms with Gasteiger partial charge in [0.2, 0.25) is 17.8 Å². The van der Waals surface area contributed by atoms with Crippen molar-refractivity contribution in [2.24, 2.45) is 5.73 Å². The lowest BCUT2D eigenvalue weighted by Gasteiger charge is -2.27. The van der Waals surface area contributed by atoms with Gasteiger partial charge in [0.05, 0.1) is 35.0 Å². The van der Waals surface area contributed by atoms with Gasteiger partial charge >= 0.3 is 0 Å². The second kappa shape index (κ2) is 14.4. The molecule has 0 radical (unpaired) electrons. The molecule has 1 fully saturated rings. The predicted octanol–water partition coefficient (Wildman–Crippen LogP) is 5.05. The lowest BCUT2D eigenvalue weighted by molar-refractivity contribution is 0.122. The van der Waals surface area contributed by atoms with Crippen molar-refractivity contribution in [3.05, 3.63) is 74.6 Å². The molecule has 0 spiro atoms. The number of nitrogens with one attached hydrogen (secondary N) is 4. The Bertz CT molecular complexity index is 3150. The van der Waals surface area contributed by atoms with Crippen LogP contribution in [-0.4, -0.2) is 90.1 Å². The van der Waals surface area contributed by atoms with Crippen LogP contribution in [-0.2, 0) is 41.5 Å². The first-order valence-corrected chi connectivity index (χ1v) is 21.6. The van der Waals surface area contributed by atoms with Gasteiger partial charge in [0.1, 0.15) is 31.7 Å². The first-order chi connectivity index (χ1) is 27.3. The predicted molar refractivity (Wildman–Crippen MR) is 211 cm³/mol. The third-order valence-electron chi connectivity index (χ3n) is 8.87. The number of nitrogens with zero attached hydrogens (tertiary/aromatic N) is 4. The topological polar surface area (TPSA) is 322 Å². The van der Waals surface area contributed by atoms with Crippen LogP contribution in [0.3, 0.4) is 0 Å². The number of aromatic amines is 2. The summed E-state index contributed by atoms with van der Waals surface area (Å²) in [6.07, 6.45) is 2.19. The van der Waals surface area contributed by atoms with Crippen LogP contribution < -0.4 is 21.3 Å². The van der Waals surface area contributed by atoms with Crippen molar-refractivity contribution in [2.75, 3.05) is 41.8 Å². The summed E-state index contributed by atoms with van der Waals surface area (Å²) in [7, 11) is -14.3. The molecule has 58 heavy (non-hydrogen) atoms. The molecule has 1 aliphatic carbocycles. The van der Waals surface area contributed by atoms with E-state index in [2.05, 4.69) is 35.6 Å². The highest BCUT2D eigenvalue weighted by Crippen LogP contribution is 2.42. The van der Waals surface area contributed by atoms with E-state index in [0.717, 1.165) is 12.1 Å². The smallest absolute Gasteiger partial charge is 0.300 e. The van der Waals surface area contributed by atoms with Gasteiger partial charge in [-0.05, 0) is 48.6 Å². The normalized spacial score (nSPS) is 15.2. The molecular formula is C32H27Cl2N9O12S3. The zero-order chi connectivity index (χ0) is 41.3. The van der Waals surface area contributed by atoms with Gasteiger partial charge in [0.25, 0.3) is 30.4 Å². The van der Waals surface area contributed by atoms with Gasteiger partial charge in [-0.1, -0.05) is 23.2 Å². The highest BCUT2D eigenvalue weighted by atomic mass is 35.5. The largest absolute Gasteiger partial charge is 0.455 e. The van der Waals surface area contributed by atoms with E-state index >= 15 is 0 Å². The molecule has 3 aromatic carbocycles. The van der Waals surface area contributed by atoms with E-state index in [1.807, 2.05) is 0 Å². The lowest BCUT2D eigenvalue weighted by atomic mass is 10.2. The Labute approximate surface area is 336 Å². The van der Waals surface area contributed by atoms with Crippen LogP contribution in [0.25, 0.3) is 39.4 Å². The molecule has 21 nitrogen and oxygen atoms in total. The summed E-state index contributed by atoms with van der Waals surface area (Å²) in [5.41, 5.74) is 5.36. The van der Waals surface area contributed by atoms with Crippen molar-refractivity contribution in [1.82, 2.24) is 24.9 Å². The van der Waals surface area contributed by atoms with E-state index < -0.39 is 52.2 Å². The zero-order valence-electron chi connectivity index (χ0n) is 29.0. The Morgan fingerprint density at radius 3 is 2.02 bits per heavy atom. The minimum atomic E-state index is -5.12. The van der Waals surface area contributed by atoms with Gasteiger partial charge in [-0.25, -0.2) is 0 Å². The molecular weight excluding hydrogens is 870 g/mol. The molecule has 1 aliphatic heterocycles. The van der Waals surface area contributed by atoms with Crippen molar-refractivity contribution in [3.8, 4) is 0 Å². The Kier molecular flexibility index (Phi) is 9.80. The van der Waals surface area contributed by atoms with Crippen LogP contribution in [0.2, 0.25) is 10.0 Å². The number of benzene rings is 3. The molecule has 0 amide bonds. The Balaban J connectivity index is 1.25. The van der Waals surface area contributed by atoms with Crippen molar-refractivity contribution in [2.45, 2.75) is 16.2 Å². The quantitative estimate of drug-likeness (QED) is 0.0732. The van der Waals surface area contributed by atoms with E-state index in [4.69, 9.17) is 42.5 Å². The average Bonchev–Trinajstić information content (AvgIpc) is 3.33. The molecule has 9 N–H and O–H groups in total. The summed E-state index contributed by atoms with van der Waals surface area (Å²) in [5.74, 6) is -0.0507. The number of H-pyrrole nitrogens is 2. The molecule has 1 saturated heterocycles. The van der Waals surface area contributed by atoms with Crippen LogP contribution in [0, 0.1) is 0 Å². The summed E-state index contributed by atoms with van der Waals surface area (Å²) in [6, 6.07) is 7.74. The Morgan fingerprint density at radius 1 is 0.741 bits per heavy atom. The molecule has 8 rings (SSSR count). The van der Waals surface area contributed by atoms with Crippen LogP contribution in [0.15, 0.2) is 71.7 Å². The van der Waals surface area contributed by atoms with Crippen LogP contribution >= 0.6 is 23.2 Å². The van der Waals surface area contributed by atoms with Gasteiger partial charge in [-0.15, -0.1) is 0 Å². The minimum Gasteiger partial charge on any atom is -0.455 e. The minimum absolute atomic E-state index is 0.00869. The molecule has 0 saturated carbocycles. The fourth-order valence-electron chi connectivity index (χ4n) is 6.16. The summed E-state index contributed by atoms with van der Waals surface area (Å²) >= 11 is 13.6. The number of anilines is 5. The van der Waals surface area contributed by atoms with Gasteiger partial charge < -0.3 is 44.8 Å². The second-order valence-corrected chi connectivity index (χ2v) is 17.6. The van der Waals surface area contributed by atoms with Crippen LogP contribution in [0.4, 0.5) is 29.2 Å². The van der Waals surface area contributed by atoms with Gasteiger partial charge in [0.15, 0.2) is 21.6 Å². The number of ether oxygens (including phenoxy) is 1. The number of rotatable bonds is 8. The highest BCUT2D eigenvalue weighted by molar-refractivity contribution is 7.89. The summed E-state index contributed by atoms with van der Waals surface area (Å²) in [5, 5.41) is 5.46. The SMILES string of the molecule is NC1=C(S(=O)(=O)O)Cc2oc3c(Cl)c4[nH]c5ccc(Nc6nc(Nc7ccc(S(=O)(=O)O)cc7)nc(N7CCOCC7)n6)c(S(=O)(=O)O)c5oc4c(Cl)c3[nH]c2C=C1. The Hall–Kier alpha value is -5.44. The number of allylic oxidation sites excluding steroid dienone is 2. The van der Waals surface area contributed by atoms with Gasteiger partial charge in [-0.3, -0.25) is 13.7 Å². The number of nitrogens with two attached hydrogens (primary N) is 1. The standard InChI is InChI=1S/C32H27Cl2N9O12S3/c33-22-25-28(23(34)24-27(22)54-20-13-21(57(47,48)49)16(35)5-6-17(20)37-24)55-26-18(38-25)7-8-19(29(26)58(50,51)52)39-31-40-30(41-32(42-31)43-9-11-53-12-10-43)36-14-1-3-15(4-2-14)56(44,45)46/h1-8,37-38H,9-13,35H2,(H,44,45,46)(H,47,48,49)(H,50,51,52)(H2,36,39,40,41,42). The average molecular weight is 897 g/mol. The van der Waals surface area contributed by atoms with E-state index in [0.29, 0.717) is 32.0 Å². The van der Waals surface area contributed by atoms with E-state index in [1.54, 1.807) is 4.90 Å². The number of halogens is 2. The van der Waals surface area contributed by atoms with Gasteiger partial charge in [-0.2, -0.15) is 40.2 Å². The van der Waals surface area contributed by atoms with E-state index in [9.17, 15) is 38.9 Å². The van der Waals surface area contributed by atoms with E-state index in [1.165, 1.54) is 36.4 Å². The molecule has 0 bridgehead atoms. The third kappa shape index (κ3) is 7.51. The maximum Gasteiger partial charge on any atom is 0.300 e. The number of fused-ring (bicyclic) bond motifs is 4. The molecule has 2 aliphatic rings. The molecule has 0 atom stereocenters. The zero-order valence-corrected chi connectivity index (χ0v) is 33.0. The maximum absolute atomic E-state index is 13.1. The fourth-order valence-corrected chi connectivity index (χ4v) is 8.63. The summed E-state index contributed by atoms with van der Waals surface area (Å²) in [4.78, 5) is 19.4. The number of morpholine rings is 1. The lowest BCUT2D eigenvalue weighted by Crippen LogP contribution is -2.37. The van der Waals surface area contributed by atoms with E-state index in [-0.39, 0.29) is 83.3 Å². The van der Waals surface area contributed by atoms with Crippen LogP contribution in [0.5, 0.6) is 0 Å². The molecule has 3 aromatic heterocycles. The Morgan fingerprint density at radius 2 is 1.38 bits per heavy atom. The number of aromatic nitrogens is 5. The summed E-state index contributed by atoms with van der Waals surface area (Å²) in [6.45, 7) is 1.54. The molecule has 304 valence electrons. The number of hydrogen-bond donors (Lipinski definition) is 8. The molecule has 0 unspecified atom stereocenters. The monoisotopic (exact) mass is 895 g/mol. The van der Waals surface area contributed by atoms with Crippen LogP contribution in [0.1, 0.15) is 11.5 Å². The van der Waals surface area contributed by atoms with Gasteiger partial charge in [0, 0.05) is 30.9 Å². The molecule has 26 heteroatoms. The third-order valence-corrected chi connectivity index (χ3v) is 12.4. The van der Waals surface area contributed by atoms with Crippen molar-refractivity contribution < 1.29 is 52.5 Å². The number of hydrogen-bond acceptors (Lipinski definition) is 16. The first kappa shape index (κ1) is 39.4. The first-order valence-electron chi connectivity index (χ1n) is 16.5. The molecule has 4 heterocycles. The fraction of sp³-hybridized carbons (Fsp3) is 0.156. The second-order valence-electron chi connectivity index (χ2n) is 12.6. The van der Waals surface area contributed by atoms with Crippen molar-refractivity contribution >= 4 is 122 Å². The maximum atomic E-state index is 13.1. The van der Waals surface area contributed by atoms with Crippen molar-refractivity contribution in [3.63, 3.8) is 0 Å². The molecule has 6 aromatic rings.